The summed E-state index contributed by atoms with van der Waals surface area (Å²) in [6, 6.07) is 3.53. The van der Waals surface area contributed by atoms with Crippen molar-refractivity contribution in [1.29, 1.82) is 0 Å². The highest BCUT2D eigenvalue weighted by Gasteiger charge is 2.28. The number of ether oxygens (including phenoxy) is 3. The Bertz CT molecular complexity index is 1500. The minimum Gasteiger partial charge on any atom is -0.493 e. The molecule has 0 saturated heterocycles. The first kappa shape index (κ1) is 25.9. The largest absolute Gasteiger partial charge is 0.493 e. The number of carbonyl (C=O) groups excluding carboxylic acids is 2. The van der Waals surface area contributed by atoms with Gasteiger partial charge in [-0.05, 0) is 50.1 Å². The summed E-state index contributed by atoms with van der Waals surface area (Å²) >= 11 is 1.12. The predicted octanol–water partition coefficient (Wildman–Crippen LogP) is 4.19. The number of nitrogens with one attached hydrogen (secondary N) is 1. The second-order valence-corrected chi connectivity index (χ2v) is 9.54. The van der Waals surface area contributed by atoms with Crippen LogP contribution in [0.5, 0.6) is 17.2 Å². The van der Waals surface area contributed by atoms with Crippen molar-refractivity contribution in [1.82, 2.24) is 10.3 Å². The summed E-state index contributed by atoms with van der Waals surface area (Å²) in [5, 5.41) is 7.06. The van der Waals surface area contributed by atoms with Crippen LogP contribution in [-0.2, 0) is 0 Å². The van der Waals surface area contributed by atoms with Crippen LogP contribution in [-0.4, -0.2) is 43.3 Å². The van der Waals surface area contributed by atoms with Gasteiger partial charge in [-0.15, -0.1) is 11.3 Å². The Kier molecular flexibility index (Phi) is 7.03. The van der Waals surface area contributed by atoms with Gasteiger partial charge in [0.1, 0.15) is 9.71 Å². The molecule has 0 aliphatic heterocycles. The summed E-state index contributed by atoms with van der Waals surface area (Å²) in [6.07, 6.45) is 1.59. The second-order valence-electron chi connectivity index (χ2n) is 8.54. The molecule has 3 heterocycles. The summed E-state index contributed by atoms with van der Waals surface area (Å²) in [5.74, 6) is 0.713. The molecule has 0 atom stereocenters. The normalized spacial score (nSPS) is 11.1. The third-order valence-electron chi connectivity index (χ3n) is 5.82. The lowest BCUT2D eigenvalue weighted by atomic mass is 9.93. The van der Waals surface area contributed by atoms with Crippen molar-refractivity contribution in [3.05, 3.63) is 34.5 Å². The minimum absolute atomic E-state index is 0.0574. The van der Waals surface area contributed by atoms with Crippen molar-refractivity contribution in [3.63, 3.8) is 0 Å². The Balaban J connectivity index is 1.94. The number of benzene rings is 1. The van der Waals surface area contributed by atoms with E-state index in [0.29, 0.717) is 49.8 Å². The number of aryl methyl sites for hydroxylation is 1. The number of thiophene rings is 1. The zero-order chi connectivity index (χ0) is 27.0. The van der Waals surface area contributed by atoms with Gasteiger partial charge in [0.2, 0.25) is 11.0 Å². The molecule has 0 saturated carbocycles. The van der Waals surface area contributed by atoms with Gasteiger partial charge >= 0.3 is 5.88 Å². The molecule has 3 aromatic heterocycles. The zero-order valence-electron chi connectivity index (χ0n) is 21.6. The van der Waals surface area contributed by atoms with Gasteiger partial charge in [0.05, 0.1) is 32.7 Å². The molecule has 11 nitrogen and oxygen atoms in total. The molecule has 4 rings (SSSR count). The number of rotatable bonds is 8. The smallest absolute Gasteiger partial charge is 0.302 e. The van der Waals surface area contributed by atoms with Crippen LogP contribution in [0.15, 0.2) is 22.9 Å². The van der Waals surface area contributed by atoms with Crippen molar-refractivity contribution in [2.24, 2.45) is 0 Å². The number of hydrogen-bond donors (Lipinski definition) is 2. The van der Waals surface area contributed by atoms with E-state index in [1.54, 1.807) is 29.9 Å². The number of fused-ring (bicyclic) bond motifs is 1. The number of ketones is 1. The first-order valence-corrected chi connectivity index (χ1v) is 12.2. The Labute approximate surface area is 217 Å². The maximum absolute atomic E-state index is 13.2. The molecule has 3 N–H and O–H groups in total. The molecule has 0 aliphatic carbocycles. The van der Waals surface area contributed by atoms with Gasteiger partial charge in [-0.25, -0.2) is 4.98 Å². The fourth-order valence-electron chi connectivity index (χ4n) is 4.10. The van der Waals surface area contributed by atoms with Gasteiger partial charge in [-0.3, -0.25) is 19.4 Å². The van der Waals surface area contributed by atoms with E-state index in [1.807, 2.05) is 13.8 Å². The first-order chi connectivity index (χ1) is 17.6. The number of pyridine rings is 1. The molecular formula is C25H28N5O6S+. The molecule has 0 unspecified atom stereocenters. The lowest BCUT2D eigenvalue weighted by Crippen LogP contribution is -2.36. The van der Waals surface area contributed by atoms with Gasteiger partial charge < -0.3 is 19.9 Å². The second kappa shape index (κ2) is 10.1. The number of methoxy groups -OCH3 is 3. The molecule has 12 heteroatoms. The van der Waals surface area contributed by atoms with E-state index in [1.165, 1.54) is 28.3 Å². The number of nitrogen functional groups attached to an aromatic ring is 1. The topological polar surface area (TPSA) is 143 Å². The highest BCUT2D eigenvalue weighted by atomic mass is 32.1. The van der Waals surface area contributed by atoms with Crippen molar-refractivity contribution >= 4 is 44.8 Å². The highest BCUT2D eigenvalue weighted by molar-refractivity contribution is 7.21. The van der Waals surface area contributed by atoms with Crippen LogP contribution < -0.4 is 29.9 Å². The van der Waals surface area contributed by atoms with Crippen LogP contribution in [0.3, 0.4) is 0 Å². The van der Waals surface area contributed by atoms with E-state index < -0.39 is 5.91 Å². The zero-order valence-corrected chi connectivity index (χ0v) is 22.4. The SMILES string of the molecule is COc1cc(-c2c(C(C)=O)c(C)nc3sc(C(=O)Nc4c[n+](C(C)C)no4)c(N)c23)cc(OC)c1OC. The lowest BCUT2D eigenvalue weighted by molar-refractivity contribution is -0.779. The van der Waals surface area contributed by atoms with Crippen LogP contribution >= 0.6 is 11.3 Å². The maximum atomic E-state index is 13.2. The molecule has 1 amide bonds. The van der Waals surface area contributed by atoms with Gasteiger partial charge in [0, 0.05) is 16.5 Å². The van der Waals surface area contributed by atoms with E-state index in [2.05, 4.69) is 15.6 Å². The van der Waals surface area contributed by atoms with E-state index in [0.717, 1.165) is 11.3 Å². The van der Waals surface area contributed by atoms with Crippen LogP contribution in [0.25, 0.3) is 21.3 Å². The Hall–Kier alpha value is -4.19. The third-order valence-corrected chi connectivity index (χ3v) is 6.92. The van der Waals surface area contributed by atoms with E-state index in [4.69, 9.17) is 24.5 Å². The number of anilines is 2. The molecule has 0 aliphatic rings. The molecule has 0 radical (unpaired) electrons. The summed E-state index contributed by atoms with van der Waals surface area (Å²) in [4.78, 5) is 31.4. The van der Waals surface area contributed by atoms with E-state index in [9.17, 15) is 9.59 Å². The third kappa shape index (κ3) is 4.55. The van der Waals surface area contributed by atoms with Crippen molar-refractivity contribution < 1.29 is 33.0 Å². The average Bonchev–Trinajstić information content (AvgIpc) is 3.46. The van der Waals surface area contributed by atoms with Crippen molar-refractivity contribution in [3.8, 4) is 28.4 Å². The summed E-state index contributed by atoms with van der Waals surface area (Å²) in [5.41, 5.74) is 8.76. The number of amides is 1. The Morgan fingerprint density at radius 1 is 1.14 bits per heavy atom. The minimum atomic E-state index is -0.481. The quantitative estimate of drug-likeness (QED) is 0.255. The Morgan fingerprint density at radius 2 is 1.78 bits per heavy atom. The van der Waals surface area contributed by atoms with Crippen molar-refractivity contribution in [2.45, 2.75) is 33.7 Å². The number of nitrogens with zero attached hydrogens (tertiary/aromatic N) is 3. The monoisotopic (exact) mass is 526 g/mol. The summed E-state index contributed by atoms with van der Waals surface area (Å²) < 4.78 is 23.3. The molecule has 0 spiro atoms. The molecule has 37 heavy (non-hydrogen) atoms. The number of nitrogens with two attached hydrogens (primary N) is 1. The molecule has 1 aromatic carbocycles. The highest BCUT2D eigenvalue weighted by Crippen LogP contribution is 2.47. The molecule has 0 bridgehead atoms. The average molecular weight is 527 g/mol. The van der Waals surface area contributed by atoms with Crippen molar-refractivity contribution in [2.75, 3.05) is 32.4 Å². The predicted molar refractivity (Wildman–Crippen MR) is 139 cm³/mol. The number of carbonyl (C=O) groups is 2. The van der Waals surface area contributed by atoms with Gasteiger partial charge in [-0.1, -0.05) is 0 Å². The van der Waals surface area contributed by atoms with Gasteiger partial charge in [0.15, 0.2) is 23.3 Å². The lowest BCUT2D eigenvalue weighted by Gasteiger charge is -2.17. The van der Waals surface area contributed by atoms with E-state index in [-0.39, 0.29) is 28.3 Å². The molecule has 0 fully saturated rings. The first-order valence-electron chi connectivity index (χ1n) is 11.3. The number of Topliss-reactive ketones (excluding diaryl/α,β-unsaturated/α-hetero) is 1. The van der Waals surface area contributed by atoms with E-state index >= 15 is 0 Å². The van der Waals surface area contributed by atoms with Crippen LogP contribution in [0.4, 0.5) is 11.6 Å². The maximum Gasteiger partial charge on any atom is 0.302 e. The van der Waals surface area contributed by atoms with Crippen LogP contribution in [0.1, 0.15) is 52.5 Å². The van der Waals surface area contributed by atoms with Gasteiger partial charge in [-0.2, -0.15) is 0 Å². The Morgan fingerprint density at radius 3 is 2.30 bits per heavy atom. The summed E-state index contributed by atoms with van der Waals surface area (Å²) in [6.45, 7) is 7.07. The molecular weight excluding hydrogens is 498 g/mol. The fraction of sp³-hybridized carbons (Fsp3) is 0.320. The van der Waals surface area contributed by atoms with Crippen LogP contribution in [0.2, 0.25) is 0 Å². The number of aromatic nitrogens is 3. The fourth-order valence-corrected chi connectivity index (χ4v) is 5.15. The molecule has 4 aromatic rings. The van der Waals surface area contributed by atoms with Crippen LogP contribution in [0, 0.1) is 6.92 Å². The summed E-state index contributed by atoms with van der Waals surface area (Å²) in [7, 11) is 4.52. The molecule has 194 valence electrons. The standard InChI is InChI=1S/C25H27N5O6S/c1-11(2)30-10-17(36-29-30)28-24(32)23-21(26)20-19(18(13(4)31)12(3)27-25(20)37-23)14-8-15(33-5)22(35-7)16(9-14)34-6/h8-11H,1-7H3,(H2-,26,28,29,32)/p+1. The van der Waals surface area contributed by atoms with Gasteiger partial charge in [0.25, 0.3) is 12.1 Å². The number of hydrogen-bond acceptors (Lipinski definition) is 10.